The quantitative estimate of drug-likeness (QED) is 0.739. The third-order valence-corrected chi connectivity index (χ3v) is 3.40. The van der Waals surface area contributed by atoms with Gasteiger partial charge in [0.25, 0.3) is 0 Å². The van der Waals surface area contributed by atoms with Gasteiger partial charge in [-0.3, -0.25) is 0 Å². The molecule has 0 saturated carbocycles. The molecule has 112 valence electrons. The molecule has 0 aliphatic carbocycles. The molecule has 0 aliphatic heterocycles. The van der Waals surface area contributed by atoms with Gasteiger partial charge in [0.1, 0.15) is 5.82 Å². The van der Waals surface area contributed by atoms with Crippen molar-refractivity contribution in [2.75, 3.05) is 13.2 Å². The number of hydrogen-bond acceptors (Lipinski definition) is 2. The fourth-order valence-corrected chi connectivity index (χ4v) is 2.16. The normalized spacial score (nSPS) is 10.8. The predicted octanol–water partition coefficient (Wildman–Crippen LogP) is 4.18. The largest absolute Gasteiger partial charge is 0.377 e. The molecule has 2 aromatic rings. The van der Waals surface area contributed by atoms with Crippen molar-refractivity contribution in [3.8, 4) is 0 Å². The van der Waals surface area contributed by atoms with Crippen LogP contribution in [0.25, 0.3) is 0 Å². The Morgan fingerprint density at radius 3 is 2.67 bits per heavy atom. The molecule has 2 nitrogen and oxygen atoms in total. The summed E-state index contributed by atoms with van der Waals surface area (Å²) in [6.45, 7) is 2.56. The first-order valence-corrected chi connectivity index (χ1v) is 7.40. The molecule has 2 aromatic carbocycles. The van der Waals surface area contributed by atoms with Gasteiger partial charge in [-0.05, 0) is 24.6 Å². The van der Waals surface area contributed by atoms with Crippen molar-refractivity contribution in [2.24, 2.45) is 0 Å². The number of nitrogens with one attached hydrogen (secondary N) is 1. The highest BCUT2D eigenvalue weighted by Crippen LogP contribution is 2.18. The summed E-state index contributed by atoms with van der Waals surface area (Å²) in [4.78, 5) is 0. The molecule has 0 unspecified atom stereocenters. The summed E-state index contributed by atoms with van der Waals surface area (Å²) < 4.78 is 19.1. The van der Waals surface area contributed by atoms with Crippen molar-refractivity contribution in [3.63, 3.8) is 0 Å². The minimum atomic E-state index is -0.388. The molecule has 0 radical (unpaired) electrons. The Labute approximate surface area is 129 Å². The molecule has 0 heterocycles. The number of benzene rings is 2. The van der Waals surface area contributed by atoms with Crippen LogP contribution in [0.1, 0.15) is 17.5 Å². The van der Waals surface area contributed by atoms with Gasteiger partial charge in [0.2, 0.25) is 0 Å². The van der Waals surface area contributed by atoms with Crippen LogP contribution < -0.4 is 5.32 Å². The van der Waals surface area contributed by atoms with Crippen molar-refractivity contribution < 1.29 is 9.13 Å². The number of halogens is 2. The molecule has 0 saturated heterocycles. The van der Waals surface area contributed by atoms with Gasteiger partial charge in [0, 0.05) is 18.7 Å². The first-order chi connectivity index (χ1) is 10.3. The summed E-state index contributed by atoms with van der Waals surface area (Å²) in [5.74, 6) is -0.388. The van der Waals surface area contributed by atoms with Crippen LogP contribution in [0.4, 0.5) is 4.39 Å². The third kappa shape index (κ3) is 5.46. The van der Waals surface area contributed by atoms with Gasteiger partial charge < -0.3 is 10.1 Å². The van der Waals surface area contributed by atoms with Gasteiger partial charge in [-0.2, -0.15) is 0 Å². The zero-order valence-electron chi connectivity index (χ0n) is 11.8. The van der Waals surface area contributed by atoms with E-state index < -0.39 is 0 Å². The summed E-state index contributed by atoms with van der Waals surface area (Å²) in [6, 6.07) is 15.2. The summed E-state index contributed by atoms with van der Waals surface area (Å²) in [5.41, 5.74) is 1.76. The second kappa shape index (κ2) is 8.78. The second-order valence-corrected chi connectivity index (χ2v) is 5.19. The first-order valence-electron chi connectivity index (χ1n) is 7.02. The first kappa shape index (κ1) is 16.0. The lowest BCUT2D eigenvalue weighted by Gasteiger charge is -2.07. The topological polar surface area (TPSA) is 21.3 Å². The van der Waals surface area contributed by atoms with E-state index in [0.717, 1.165) is 19.5 Å². The average molecular weight is 308 g/mol. The molecule has 0 spiro atoms. The van der Waals surface area contributed by atoms with E-state index in [2.05, 4.69) is 17.4 Å². The van der Waals surface area contributed by atoms with Crippen LogP contribution in [0.2, 0.25) is 5.02 Å². The predicted molar refractivity (Wildman–Crippen MR) is 83.8 cm³/mol. The lowest BCUT2D eigenvalue weighted by molar-refractivity contribution is 0.116. The molecule has 0 amide bonds. The molecule has 0 aliphatic rings. The van der Waals surface area contributed by atoms with Gasteiger partial charge in [-0.1, -0.05) is 54.1 Å². The molecule has 1 N–H and O–H groups in total. The highest BCUT2D eigenvalue weighted by molar-refractivity contribution is 6.30. The lowest BCUT2D eigenvalue weighted by Crippen LogP contribution is -2.16. The average Bonchev–Trinajstić information content (AvgIpc) is 2.51. The fraction of sp³-hybridized carbons (Fsp3) is 0.294. The van der Waals surface area contributed by atoms with Gasteiger partial charge in [-0.25, -0.2) is 4.39 Å². The SMILES string of the molecule is Fc1c(Cl)cccc1COCCCNCc1ccccc1. The Morgan fingerprint density at radius 2 is 1.86 bits per heavy atom. The molecule has 0 aromatic heterocycles. The summed E-state index contributed by atoms with van der Waals surface area (Å²) in [5, 5.41) is 3.49. The minimum Gasteiger partial charge on any atom is -0.377 e. The van der Waals surface area contributed by atoms with Crippen LogP contribution in [-0.4, -0.2) is 13.2 Å². The van der Waals surface area contributed by atoms with E-state index in [-0.39, 0.29) is 17.4 Å². The van der Waals surface area contributed by atoms with Gasteiger partial charge in [0.05, 0.1) is 11.6 Å². The van der Waals surface area contributed by atoms with E-state index in [1.165, 1.54) is 11.6 Å². The van der Waals surface area contributed by atoms with Gasteiger partial charge in [0.15, 0.2) is 0 Å². The zero-order chi connectivity index (χ0) is 14.9. The van der Waals surface area contributed by atoms with Crippen LogP contribution >= 0.6 is 11.6 Å². The van der Waals surface area contributed by atoms with Crippen molar-refractivity contribution in [2.45, 2.75) is 19.6 Å². The maximum absolute atomic E-state index is 13.6. The van der Waals surface area contributed by atoms with E-state index in [4.69, 9.17) is 16.3 Å². The molecular formula is C17H19ClFNO. The Morgan fingerprint density at radius 1 is 1.05 bits per heavy atom. The van der Waals surface area contributed by atoms with Gasteiger partial charge >= 0.3 is 0 Å². The Hall–Kier alpha value is -1.42. The highest BCUT2D eigenvalue weighted by atomic mass is 35.5. The van der Waals surface area contributed by atoms with Crippen molar-refractivity contribution in [1.29, 1.82) is 0 Å². The summed E-state index contributed by atoms with van der Waals surface area (Å²) in [6.07, 6.45) is 0.884. The number of hydrogen-bond donors (Lipinski definition) is 1. The van der Waals surface area contributed by atoms with Crippen LogP contribution in [-0.2, 0) is 17.9 Å². The highest BCUT2D eigenvalue weighted by Gasteiger charge is 2.05. The summed E-state index contributed by atoms with van der Waals surface area (Å²) in [7, 11) is 0. The molecule has 0 fully saturated rings. The maximum atomic E-state index is 13.6. The van der Waals surface area contributed by atoms with E-state index in [0.29, 0.717) is 12.2 Å². The third-order valence-electron chi connectivity index (χ3n) is 3.10. The lowest BCUT2D eigenvalue weighted by atomic mass is 10.2. The monoisotopic (exact) mass is 307 g/mol. The maximum Gasteiger partial charge on any atom is 0.147 e. The standard InChI is InChI=1S/C17H19ClFNO/c18-16-9-4-8-15(17(16)19)13-21-11-5-10-20-12-14-6-2-1-3-7-14/h1-4,6-9,20H,5,10-13H2. The van der Waals surface area contributed by atoms with Crippen LogP contribution in [0.15, 0.2) is 48.5 Å². The molecule has 2 rings (SSSR count). The number of rotatable bonds is 8. The van der Waals surface area contributed by atoms with Gasteiger partial charge in [-0.15, -0.1) is 0 Å². The van der Waals surface area contributed by atoms with E-state index in [1.54, 1.807) is 12.1 Å². The number of ether oxygens (including phenoxy) is 1. The fourth-order valence-electron chi connectivity index (χ4n) is 1.97. The Balaban J connectivity index is 1.57. The van der Waals surface area contributed by atoms with Crippen molar-refractivity contribution >= 4 is 11.6 Å². The van der Waals surface area contributed by atoms with E-state index in [9.17, 15) is 4.39 Å². The molecule has 4 heteroatoms. The van der Waals surface area contributed by atoms with E-state index in [1.807, 2.05) is 18.2 Å². The summed E-state index contributed by atoms with van der Waals surface area (Å²) >= 11 is 5.71. The van der Waals surface area contributed by atoms with Crippen molar-refractivity contribution in [3.05, 3.63) is 70.5 Å². The van der Waals surface area contributed by atoms with Crippen LogP contribution in [0.3, 0.4) is 0 Å². The van der Waals surface area contributed by atoms with Crippen LogP contribution in [0.5, 0.6) is 0 Å². The van der Waals surface area contributed by atoms with Crippen molar-refractivity contribution in [1.82, 2.24) is 5.32 Å². The van der Waals surface area contributed by atoms with E-state index >= 15 is 0 Å². The smallest absolute Gasteiger partial charge is 0.147 e. The Kier molecular flexibility index (Phi) is 6.67. The minimum absolute atomic E-state index is 0.139. The zero-order valence-corrected chi connectivity index (χ0v) is 12.6. The molecule has 0 atom stereocenters. The molecule has 0 bridgehead atoms. The molecule has 21 heavy (non-hydrogen) atoms. The van der Waals surface area contributed by atoms with Crippen LogP contribution in [0, 0.1) is 5.82 Å². The second-order valence-electron chi connectivity index (χ2n) is 4.78. The Bertz CT molecular complexity index is 548. The molecular weight excluding hydrogens is 289 g/mol.